The molecule has 2 N–H and O–H groups in total. The molecule has 0 bridgehead atoms. The zero-order valence-electron chi connectivity index (χ0n) is 12.8. The quantitative estimate of drug-likeness (QED) is 0.782. The maximum atomic E-state index is 12.3. The van der Waals surface area contributed by atoms with Gasteiger partial charge in [-0.05, 0) is 37.3 Å². The summed E-state index contributed by atoms with van der Waals surface area (Å²) in [6.07, 6.45) is 1.71. The molecule has 5 nitrogen and oxygen atoms in total. The van der Waals surface area contributed by atoms with Crippen molar-refractivity contribution in [3.63, 3.8) is 0 Å². The summed E-state index contributed by atoms with van der Waals surface area (Å²) in [7, 11) is 1.38. The Morgan fingerprint density at radius 1 is 1.26 bits per heavy atom. The molecule has 1 atom stereocenters. The summed E-state index contributed by atoms with van der Waals surface area (Å²) in [5.74, 6) is -0.384. The number of nitrogens with one attached hydrogen (secondary N) is 2. The first kappa shape index (κ1) is 15.6. The number of hydrogen-bond acceptors (Lipinski definition) is 5. The lowest BCUT2D eigenvalue weighted by Gasteiger charge is -2.20. The zero-order chi connectivity index (χ0) is 16.4. The number of rotatable bonds is 2. The topological polar surface area (TPSA) is 63.2 Å². The van der Waals surface area contributed by atoms with Gasteiger partial charge < -0.3 is 15.4 Å². The summed E-state index contributed by atoms with van der Waals surface area (Å²) in [6, 6.07) is 11.1. The van der Waals surface area contributed by atoms with Gasteiger partial charge in [0.05, 0.1) is 29.8 Å². The van der Waals surface area contributed by atoms with Gasteiger partial charge in [0.1, 0.15) is 6.04 Å². The van der Waals surface area contributed by atoms with E-state index in [-0.39, 0.29) is 5.97 Å². The van der Waals surface area contributed by atoms with Crippen molar-refractivity contribution in [2.75, 3.05) is 17.7 Å². The highest BCUT2D eigenvalue weighted by molar-refractivity contribution is 9.10. The lowest BCUT2D eigenvalue weighted by molar-refractivity contribution is -0.136. The van der Waals surface area contributed by atoms with Crippen LogP contribution in [0.1, 0.15) is 18.7 Å². The van der Waals surface area contributed by atoms with Crippen molar-refractivity contribution in [1.29, 1.82) is 0 Å². The van der Waals surface area contributed by atoms with E-state index in [9.17, 15) is 4.79 Å². The van der Waals surface area contributed by atoms with Crippen molar-refractivity contribution >= 4 is 33.3 Å². The number of anilines is 2. The molecule has 0 radical (unpaired) electrons. The second-order valence-corrected chi connectivity index (χ2v) is 6.09. The van der Waals surface area contributed by atoms with Crippen LogP contribution in [0.3, 0.4) is 0 Å². The molecule has 0 amide bonds. The molecule has 0 fully saturated rings. The molecule has 6 heteroatoms. The molecule has 1 aliphatic heterocycles. The van der Waals surface area contributed by atoms with Gasteiger partial charge >= 0.3 is 5.97 Å². The Hall–Kier alpha value is -2.34. The van der Waals surface area contributed by atoms with Gasteiger partial charge in [-0.2, -0.15) is 0 Å². The number of benzene rings is 1. The Bertz CT molecular complexity index is 775. The highest BCUT2D eigenvalue weighted by atomic mass is 79.9. The van der Waals surface area contributed by atoms with E-state index in [2.05, 4.69) is 31.5 Å². The fraction of sp³-hybridized carbons (Fsp3) is 0.176. The monoisotopic (exact) mass is 373 g/mol. The van der Waals surface area contributed by atoms with E-state index in [1.807, 2.05) is 43.3 Å². The summed E-state index contributed by atoms with van der Waals surface area (Å²) >= 11 is 3.48. The summed E-state index contributed by atoms with van der Waals surface area (Å²) < 4.78 is 5.92. The summed E-state index contributed by atoms with van der Waals surface area (Å²) in [6.45, 7) is 1.86. The van der Waals surface area contributed by atoms with Gasteiger partial charge in [-0.25, -0.2) is 4.79 Å². The predicted molar refractivity (Wildman–Crippen MR) is 93.1 cm³/mol. The molecule has 118 valence electrons. The van der Waals surface area contributed by atoms with Crippen LogP contribution in [-0.4, -0.2) is 18.1 Å². The van der Waals surface area contributed by atoms with Crippen LogP contribution in [0.4, 0.5) is 11.4 Å². The highest BCUT2D eigenvalue weighted by Gasteiger charge is 2.30. The number of allylic oxidation sites excluding steroid dienone is 1. The molecule has 1 aliphatic rings. The van der Waals surface area contributed by atoms with Crippen molar-refractivity contribution in [3.05, 3.63) is 64.0 Å². The van der Waals surface area contributed by atoms with E-state index < -0.39 is 6.04 Å². The minimum absolute atomic E-state index is 0.384. The third-order valence-corrected chi connectivity index (χ3v) is 4.18. The highest BCUT2D eigenvalue weighted by Crippen LogP contribution is 2.37. The number of hydrogen-bond donors (Lipinski definition) is 2. The second kappa shape index (κ2) is 6.42. The van der Waals surface area contributed by atoms with Crippen LogP contribution in [-0.2, 0) is 9.53 Å². The number of pyridine rings is 1. The summed E-state index contributed by atoms with van der Waals surface area (Å²) in [5, 5.41) is 6.68. The van der Waals surface area contributed by atoms with E-state index in [0.29, 0.717) is 5.57 Å². The van der Waals surface area contributed by atoms with Gasteiger partial charge in [0.2, 0.25) is 0 Å². The summed E-state index contributed by atoms with van der Waals surface area (Å²) in [5.41, 5.74) is 3.78. The van der Waals surface area contributed by atoms with Crippen molar-refractivity contribution in [2.45, 2.75) is 13.0 Å². The molecule has 23 heavy (non-hydrogen) atoms. The zero-order valence-corrected chi connectivity index (χ0v) is 14.3. The number of aromatic nitrogens is 1. The largest absolute Gasteiger partial charge is 0.466 e. The van der Waals surface area contributed by atoms with Crippen LogP contribution < -0.4 is 10.6 Å². The second-order valence-electron chi connectivity index (χ2n) is 5.18. The van der Waals surface area contributed by atoms with Crippen LogP contribution in [0.5, 0.6) is 0 Å². The van der Waals surface area contributed by atoms with Gasteiger partial charge in [0.15, 0.2) is 0 Å². The van der Waals surface area contributed by atoms with Crippen molar-refractivity contribution in [2.24, 2.45) is 0 Å². The van der Waals surface area contributed by atoms with E-state index in [1.165, 1.54) is 7.11 Å². The third-order valence-electron chi connectivity index (χ3n) is 3.69. The molecule has 1 unspecified atom stereocenters. The fourth-order valence-corrected chi connectivity index (χ4v) is 2.97. The molecule has 0 saturated carbocycles. The molecule has 1 aromatic carbocycles. The Kier molecular flexibility index (Phi) is 4.34. The minimum Gasteiger partial charge on any atom is -0.466 e. The smallest absolute Gasteiger partial charge is 0.338 e. The normalized spacial score (nSPS) is 16.7. The number of ether oxygens (including phenoxy) is 1. The van der Waals surface area contributed by atoms with Crippen molar-refractivity contribution in [3.8, 4) is 0 Å². The summed E-state index contributed by atoms with van der Waals surface area (Å²) in [4.78, 5) is 16.7. The van der Waals surface area contributed by atoms with E-state index in [4.69, 9.17) is 4.74 Å². The Labute approximate surface area is 142 Å². The Morgan fingerprint density at radius 2 is 2.09 bits per heavy atom. The molecule has 1 aromatic heterocycles. The lowest BCUT2D eigenvalue weighted by Crippen LogP contribution is -2.22. The van der Waals surface area contributed by atoms with Gasteiger partial charge in [-0.3, -0.25) is 4.98 Å². The van der Waals surface area contributed by atoms with E-state index in [0.717, 1.165) is 27.2 Å². The maximum absolute atomic E-state index is 12.3. The molecule has 0 aliphatic carbocycles. The van der Waals surface area contributed by atoms with Crippen molar-refractivity contribution < 1.29 is 9.53 Å². The van der Waals surface area contributed by atoms with Crippen LogP contribution in [0.25, 0.3) is 0 Å². The molecule has 2 heterocycles. The van der Waals surface area contributed by atoms with Crippen LogP contribution in [0.15, 0.2) is 58.3 Å². The first-order valence-corrected chi connectivity index (χ1v) is 7.92. The van der Waals surface area contributed by atoms with Crippen LogP contribution >= 0.6 is 15.9 Å². The average Bonchev–Trinajstić information content (AvgIpc) is 2.70. The maximum Gasteiger partial charge on any atom is 0.338 e. The fourth-order valence-electron chi connectivity index (χ4n) is 2.61. The van der Waals surface area contributed by atoms with Crippen LogP contribution in [0, 0.1) is 0 Å². The molecule has 3 rings (SSSR count). The van der Waals surface area contributed by atoms with Gasteiger partial charge in [0, 0.05) is 16.4 Å². The number of methoxy groups -OCH3 is 1. The molecular weight excluding hydrogens is 358 g/mol. The molecule has 2 aromatic rings. The molecule has 0 spiro atoms. The predicted octanol–water partition coefficient (Wildman–Crippen LogP) is 3.87. The number of carbonyl (C=O) groups excluding carboxylic acids is 1. The molecule has 0 saturated heterocycles. The van der Waals surface area contributed by atoms with E-state index in [1.54, 1.807) is 6.20 Å². The van der Waals surface area contributed by atoms with E-state index >= 15 is 0 Å². The van der Waals surface area contributed by atoms with Gasteiger partial charge in [0.25, 0.3) is 0 Å². The SMILES string of the molecule is COC(=O)C1=C(C)Nc2ccc(Br)cc2NC1c1ccccn1. The van der Waals surface area contributed by atoms with Gasteiger partial charge in [-0.15, -0.1) is 0 Å². The number of fused-ring (bicyclic) bond motifs is 1. The lowest BCUT2D eigenvalue weighted by atomic mass is 10.0. The molecular formula is C17H16BrN3O2. The Morgan fingerprint density at radius 3 is 2.78 bits per heavy atom. The number of halogens is 1. The van der Waals surface area contributed by atoms with Crippen molar-refractivity contribution in [1.82, 2.24) is 4.98 Å². The Balaban J connectivity index is 2.15. The number of esters is 1. The first-order chi connectivity index (χ1) is 11.1. The number of nitrogens with zero attached hydrogens (tertiary/aromatic N) is 1. The average molecular weight is 374 g/mol. The van der Waals surface area contributed by atoms with Gasteiger partial charge in [-0.1, -0.05) is 22.0 Å². The van der Waals surface area contributed by atoms with Crippen LogP contribution in [0.2, 0.25) is 0 Å². The standard InChI is InChI=1S/C17H16BrN3O2/c1-10-15(17(22)23-2)16(13-5-3-4-8-19-13)21-14-9-11(18)6-7-12(14)20-10/h3-9,16,20-21H,1-2H3. The minimum atomic E-state index is -0.397. The third kappa shape index (κ3) is 3.07. The number of carbonyl (C=O) groups is 1. The first-order valence-electron chi connectivity index (χ1n) is 7.13.